The lowest BCUT2D eigenvalue weighted by Gasteiger charge is -2.38. The Morgan fingerprint density at radius 2 is 1.83 bits per heavy atom. The molecule has 0 spiro atoms. The van der Waals surface area contributed by atoms with Gasteiger partial charge in [-0.05, 0) is 32.4 Å². The Morgan fingerprint density at radius 1 is 1.22 bits per heavy atom. The third-order valence-electron chi connectivity index (χ3n) is 4.11. The molecule has 1 aromatic rings. The van der Waals surface area contributed by atoms with Gasteiger partial charge in [-0.2, -0.15) is 0 Å². The van der Waals surface area contributed by atoms with Crippen molar-refractivity contribution < 1.29 is 4.74 Å². The lowest BCUT2D eigenvalue weighted by Crippen LogP contribution is -2.46. The van der Waals surface area contributed by atoms with Gasteiger partial charge in [-0.1, -0.05) is 30.3 Å². The van der Waals surface area contributed by atoms with Crippen molar-refractivity contribution >= 4 is 0 Å². The van der Waals surface area contributed by atoms with Crippen molar-refractivity contribution in [2.75, 3.05) is 20.3 Å². The third-order valence-corrected chi connectivity index (χ3v) is 4.11. The highest BCUT2D eigenvalue weighted by Gasteiger charge is 2.26. The molecule has 2 atom stereocenters. The number of nitrogens with two attached hydrogens (primary N) is 1. The monoisotopic (exact) mass is 248 g/mol. The van der Waals surface area contributed by atoms with Crippen LogP contribution in [-0.2, 0) is 4.74 Å². The predicted octanol–water partition coefficient (Wildman–Crippen LogP) is 2.19. The standard InChI is InChI=1S/C15H24N2O/c1-12(15(16)13-6-4-3-5-7-13)17(2)14-8-10-18-11-9-14/h3-7,12,14-15H,8-11,16H2,1-2H3. The van der Waals surface area contributed by atoms with Crippen molar-refractivity contribution in [3.05, 3.63) is 35.9 Å². The van der Waals surface area contributed by atoms with Crippen LogP contribution in [0.1, 0.15) is 31.4 Å². The average Bonchev–Trinajstić information content (AvgIpc) is 2.47. The Balaban J connectivity index is 1.99. The van der Waals surface area contributed by atoms with Gasteiger partial charge < -0.3 is 10.5 Å². The summed E-state index contributed by atoms with van der Waals surface area (Å²) in [4.78, 5) is 2.42. The maximum absolute atomic E-state index is 6.37. The van der Waals surface area contributed by atoms with E-state index in [1.807, 2.05) is 6.07 Å². The first-order chi connectivity index (χ1) is 8.70. The lowest BCUT2D eigenvalue weighted by atomic mass is 9.97. The van der Waals surface area contributed by atoms with Crippen LogP contribution in [0.25, 0.3) is 0 Å². The first kappa shape index (κ1) is 13.5. The van der Waals surface area contributed by atoms with Gasteiger partial charge in [-0.15, -0.1) is 0 Å². The normalized spacial score (nSPS) is 20.9. The Bertz CT molecular complexity index is 349. The molecule has 2 N–H and O–H groups in total. The van der Waals surface area contributed by atoms with Gasteiger partial charge in [0.25, 0.3) is 0 Å². The molecule has 2 unspecified atom stereocenters. The molecule has 1 aliphatic rings. The summed E-state index contributed by atoms with van der Waals surface area (Å²) < 4.78 is 5.42. The van der Waals surface area contributed by atoms with Crippen molar-refractivity contribution in [2.45, 2.75) is 37.9 Å². The highest BCUT2D eigenvalue weighted by molar-refractivity contribution is 5.19. The van der Waals surface area contributed by atoms with E-state index in [0.29, 0.717) is 12.1 Å². The predicted molar refractivity (Wildman–Crippen MR) is 74.4 cm³/mol. The third kappa shape index (κ3) is 3.10. The van der Waals surface area contributed by atoms with Crippen molar-refractivity contribution in [3.63, 3.8) is 0 Å². The summed E-state index contributed by atoms with van der Waals surface area (Å²) in [5, 5.41) is 0. The van der Waals surface area contributed by atoms with Crippen LogP contribution in [-0.4, -0.2) is 37.2 Å². The largest absolute Gasteiger partial charge is 0.381 e. The Labute approximate surface area is 110 Å². The number of hydrogen-bond acceptors (Lipinski definition) is 3. The summed E-state index contributed by atoms with van der Waals surface area (Å²) in [5.74, 6) is 0. The zero-order chi connectivity index (χ0) is 13.0. The van der Waals surface area contributed by atoms with Gasteiger partial charge in [0.1, 0.15) is 0 Å². The number of ether oxygens (including phenoxy) is 1. The van der Waals surface area contributed by atoms with Gasteiger partial charge >= 0.3 is 0 Å². The molecule has 18 heavy (non-hydrogen) atoms. The van der Waals surface area contributed by atoms with Gasteiger partial charge in [0.2, 0.25) is 0 Å². The fourth-order valence-corrected chi connectivity index (χ4v) is 2.63. The van der Waals surface area contributed by atoms with E-state index in [4.69, 9.17) is 10.5 Å². The van der Waals surface area contributed by atoms with Gasteiger partial charge in [-0.25, -0.2) is 0 Å². The van der Waals surface area contributed by atoms with E-state index in [9.17, 15) is 0 Å². The van der Waals surface area contributed by atoms with E-state index in [0.717, 1.165) is 26.1 Å². The molecule has 3 heteroatoms. The van der Waals surface area contributed by atoms with Crippen LogP contribution in [0.4, 0.5) is 0 Å². The van der Waals surface area contributed by atoms with Crippen molar-refractivity contribution in [1.82, 2.24) is 4.90 Å². The number of benzene rings is 1. The Hall–Kier alpha value is -0.900. The number of hydrogen-bond donors (Lipinski definition) is 1. The maximum atomic E-state index is 6.37. The second-order valence-corrected chi connectivity index (χ2v) is 5.19. The van der Waals surface area contributed by atoms with Crippen LogP contribution in [0.15, 0.2) is 30.3 Å². The average molecular weight is 248 g/mol. The molecule has 2 rings (SSSR count). The maximum Gasteiger partial charge on any atom is 0.0480 e. The van der Waals surface area contributed by atoms with Gasteiger partial charge in [0.15, 0.2) is 0 Å². The van der Waals surface area contributed by atoms with E-state index in [1.165, 1.54) is 5.56 Å². The Morgan fingerprint density at radius 3 is 2.44 bits per heavy atom. The molecule has 1 saturated heterocycles. The van der Waals surface area contributed by atoms with Crippen molar-refractivity contribution in [2.24, 2.45) is 5.73 Å². The van der Waals surface area contributed by atoms with Crippen molar-refractivity contribution in [3.8, 4) is 0 Å². The summed E-state index contributed by atoms with van der Waals surface area (Å²) in [5.41, 5.74) is 7.59. The minimum Gasteiger partial charge on any atom is -0.381 e. The molecule has 0 radical (unpaired) electrons. The molecular weight excluding hydrogens is 224 g/mol. The molecule has 0 aliphatic carbocycles. The Kier molecular flexibility index (Phi) is 4.75. The van der Waals surface area contributed by atoms with Crippen LogP contribution in [0.2, 0.25) is 0 Å². The van der Waals surface area contributed by atoms with E-state index in [1.54, 1.807) is 0 Å². The molecule has 0 aromatic heterocycles. The molecule has 0 amide bonds. The number of rotatable bonds is 4. The van der Waals surface area contributed by atoms with Crippen molar-refractivity contribution in [1.29, 1.82) is 0 Å². The molecular formula is C15H24N2O. The molecule has 0 bridgehead atoms. The van der Waals surface area contributed by atoms with Gasteiger partial charge in [-0.3, -0.25) is 4.90 Å². The minimum atomic E-state index is 0.0686. The lowest BCUT2D eigenvalue weighted by molar-refractivity contribution is 0.0271. The molecule has 1 aromatic carbocycles. The van der Waals surface area contributed by atoms with Crippen LogP contribution in [0.5, 0.6) is 0 Å². The highest BCUT2D eigenvalue weighted by Crippen LogP contribution is 2.22. The molecule has 1 heterocycles. The topological polar surface area (TPSA) is 38.5 Å². The van der Waals surface area contributed by atoms with Gasteiger partial charge in [0, 0.05) is 31.3 Å². The first-order valence-electron chi connectivity index (χ1n) is 6.80. The van der Waals surface area contributed by atoms with E-state index >= 15 is 0 Å². The number of nitrogens with zero attached hydrogens (tertiary/aromatic N) is 1. The smallest absolute Gasteiger partial charge is 0.0480 e. The zero-order valence-corrected chi connectivity index (χ0v) is 11.4. The zero-order valence-electron chi connectivity index (χ0n) is 11.4. The van der Waals surface area contributed by atoms with E-state index in [-0.39, 0.29) is 6.04 Å². The summed E-state index contributed by atoms with van der Waals surface area (Å²) in [6.07, 6.45) is 2.23. The second kappa shape index (κ2) is 6.32. The van der Waals surface area contributed by atoms with Crippen LogP contribution in [0, 0.1) is 0 Å². The summed E-state index contributed by atoms with van der Waals surface area (Å²) in [6, 6.07) is 11.4. The summed E-state index contributed by atoms with van der Waals surface area (Å²) >= 11 is 0. The first-order valence-corrected chi connectivity index (χ1v) is 6.80. The van der Waals surface area contributed by atoms with Gasteiger partial charge in [0.05, 0.1) is 0 Å². The second-order valence-electron chi connectivity index (χ2n) is 5.19. The highest BCUT2D eigenvalue weighted by atomic mass is 16.5. The summed E-state index contributed by atoms with van der Waals surface area (Å²) in [6.45, 7) is 3.97. The van der Waals surface area contributed by atoms with E-state index in [2.05, 4.69) is 43.1 Å². The molecule has 1 aliphatic heterocycles. The molecule has 0 saturated carbocycles. The van der Waals surface area contributed by atoms with E-state index < -0.39 is 0 Å². The summed E-state index contributed by atoms with van der Waals surface area (Å²) in [7, 11) is 2.18. The minimum absolute atomic E-state index is 0.0686. The molecule has 1 fully saturated rings. The fourth-order valence-electron chi connectivity index (χ4n) is 2.63. The fraction of sp³-hybridized carbons (Fsp3) is 0.600. The van der Waals surface area contributed by atoms with Crippen LogP contribution in [0.3, 0.4) is 0 Å². The van der Waals surface area contributed by atoms with Crippen LogP contribution < -0.4 is 5.73 Å². The molecule has 100 valence electrons. The SMILES string of the molecule is CC(C(N)c1ccccc1)N(C)C1CCOCC1. The van der Waals surface area contributed by atoms with Crippen LogP contribution >= 0.6 is 0 Å². The molecule has 3 nitrogen and oxygen atoms in total. The quantitative estimate of drug-likeness (QED) is 0.887. The number of likely N-dealkylation sites (N-methyl/N-ethyl adjacent to an activating group) is 1.